The highest BCUT2D eigenvalue weighted by molar-refractivity contribution is 5.90. The molecule has 1 aromatic carbocycles. The van der Waals surface area contributed by atoms with Gasteiger partial charge in [0.15, 0.2) is 0 Å². The predicted octanol–water partition coefficient (Wildman–Crippen LogP) is 3.26. The first-order valence-electron chi connectivity index (χ1n) is 6.39. The molecule has 0 aliphatic rings. The number of nitrogens with one attached hydrogen (secondary N) is 3. The van der Waals surface area contributed by atoms with Crippen LogP contribution in [0.15, 0.2) is 42.6 Å². The van der Waals surface area contributed by atoms with Crippen LogP contribution in [0.4, 0.5) is 29.5 Å². The summed E-state index contributed by atoms with van der Waals surface area (Å²) in [5.74, 6) is 0.638. The van der Waals surface area contributed by atoms with Crippen LogP contribution >= 0.6 is 0 Å². The van der Waals surface area contributed by atoms with Gasteiger partial charge in [0.2, 0.25) is 0 Å². The number of ether oxygens (including phenoxy) is 1. The average molecular weight is 326 g/mol. The van der Waals surface area contributed by atoms with E-state index >= 15 is 0 Å². The number of benzene rings is 1. The summed E-state index contributed by atoms with van der Waals surface area (Å²) >= 11 is 0. The van der Waals surface area contributed by atoms with E-state index in [2.05, 4.69) is 21.2 Å². The Bertz CT molecular complexity index is 674. The van der Waals surface area contributed by atoms with Crippen LogP contribution in [0.25, 0.3) is 0 Å². The van der Waals surface area contributed by atoms with Crippen molar-refractivity contribution in [1.82, 2.24) is 10.4 Å². The van der Waals surface area contributed by atoms with Gasteiger partial charge in [0.25, 0.3) is 0 Å². The maximum absolute atomic E-state index is 12.4. The van der Waals surface area contributed by atoms with Crippen LogP contribution in [0.1, 0.15) is 5.56 Å². The molecule has 2 amide bonds. The van der Waals surface area contributed by atoms with Gasteiger partial charge in [-0.3, -0.25) is 10.9 Å². The van der Waals surface area contributed by atoms with Crippen LogP contribution in [-0.4, -0.2) is 18.1 Å². The van der Waals surface area contributed by atoms with Crippen LogP contribution in [0.5, 0.6) is 5.75 Å². The molecule has 9 heteroatoms. The SMILES string of the molecule is COc1cccc(NC(=O)NNc2ccc(C(F)(F)F)cn2)c1. The first-order valence-corrected chi connectivity index (χ1v) is 6.39. The minimum absolute atomic E-state index is 0.0683. The van der Waals surface area contributed by atoms with E-state index in [1.165, 1.54) is 7.11 Å². The molecule has 0 aliphatic heterocycles. The molecule has 0 atom stereocenters. The molecule has 1 aromatic heterocycles. The van der Waals surface area contributed by atoms with Gasteiger partial charge >= 0.3 is 12.2 Å². The smallest absolute Gasteiger partial charge is 0.417 e. The van der Waals surface area contributed by atoms with Crippen molar-refractivity contribution >= 4 is 17.5 Å². The Hall–Kier alpha value is -2.97. The van der Waals surface area contributed by atoms with E-state index in [0.29, 0.717) is 17.6 Å². The Morgan fingerprint density at radius 3 is 2.61 bits per heavy atom. The summed E-state index contributed by atoms with van der Waals surface area (Å²) in [6, 6.07) is 8.02. The topological polar surface area (TPSA) is 75.3 Å². The minimum Gasteiger partial charge on any atom is -0.497 e. The summed E-state index contributed by atoms with van der Waals surface area (Å²) in [4.78, 5) is 15.2. The molecule has 0 unspecified atom stereocenters. The highest BCUT2D eigenvalue weighted by Gasteiger charge is 2.30. The van der Waals surface area contributed by atoms with Gasteiger partial charge in [0.1, 0.15) is 11.6 Å². The van der Waals surface area contributed by atoms with Crippen molar-refractivity contribution in [2.75, 3.05) is 17.9 Å². The van der Waals surface area contributed by atoms with Crippen LogP contribution in [0, 0.1) is 0 Å². The van der Waals surface area contributed by atoms with Crippen molar-refractivity contribution in [2.24, 2.45) is 0 Å². The Kier molecular flexibility index (Phi) is 4.89. The molecule has 2 aromatic rings. The van der Waals surface area contributed by atoms with E-state index in [1.807, 2.05) is 0 Å². The second-order valence-corrected chi connectivity index (χ2v) is 4.37. The van der Waals surface area contributed by atoms with Gasteiger partial charge in [-0.1, -0.05) is 6.07 Å². The molecule has 2 rings (SSSR count). The van der Waals surface area contributed by atoms with Crippen molar-refractivity contribution in [3.63, 3.8) is 0 Å². The first kappa shape index (κ1) is 16.4. The Balaban J connectivity index is 1.89. The zero-order chi connectivity index (χ0) is 16.9. The van der Waals surface area contributed by atoms with E-state index in [4.69, 9.17) is 4.74 Å². The number of rotatable bonds is 4. The van der Waals surface area contributed by atoms with Crippen molar-refractivity contribution in [1.29, 1.82) is 0 Å². The number of aromatic nitrogens is 1. The highest BCUT2D eigenvalue weighted by Crippen LogP contribution is 2.28. The number of methoxy groups -OCH3 is 1. The number of amides is 2. The molecule has 0 saturated heterocycles. The zero-order valence-electron chi connectivity index (χ0n) is 11.9. The molecule has 1 heterocycles. The molecule has 0 spiro atoms. The van der Waals surface area contributed by atoms with Crippen LogP contribution in [0.2, 0.25) is 0 Å². The number of urea groups is 1. The molecule has 0 bridgehead atoms. The lowest BCUT2D eigenvalue weighted by molar-refractivity contribution is -0.137. The third-order valence-corrected chi connectivity index (χ3v) is 2.72. The molecular weight excluding hydrogens is 313 g/mol. The summed E-state index contributed by atoms with van der Waals surface area (Å²) in [5.41, 5.74) is 4.28. The lowest BCUT2D eigenvalue weighted by Crippen LogP contribution is -2.33. The molecule has 0 aliphatic carbocycles. The zero-order valence-corrected chi connectivity index (χ0v) is 11.9. The highest BCUT2D eigenvalue weighted by atomic mass is 19.4. The summed E-state index contributed by atoms with van der Waals surface area (Å²) in [5, 5.41) is 2.52. The molecule has 0 fully saturated rings. The molecule has 122 valence electrons. The third kappa shape index (κ3) is 4.77. The summed E-state index contributed by atoms with van der Waals surface area (Å²) in [7, 11) is 1.50. The second-order valence-electron chi connectivity index (χ2n) is 4.37. The number of hydrogen-bond acceptors (Lipinski definition) is 4. The van der Waals surface area contributed by atoms with Gasteiger partial charge in [0, 0.05) is 18.0 Å². The fraction of sp³-hybridized carbons (Fsp3) is 0.143. The third-order valence-electron chi connectivity index (χ3n) is 2.72. The van der Waals surface area contributed by atoms with Crippen LogP contribution in [0.3, 0.4) is 0 Å². The normalized spacial score (nSPS) is 10.8. The summed E-state index contributed by atoms with van der Waals surface area (Å²) in [6.45, 7) is 0. The van der Waals surface area contributed by atoms with E-state index in [9.17, 15) is 18.0 Å². The molecule has 3 N–H and O–H groups in total. The molecule has 6 nitrogen and oxygen atoms in total. The largest absolute Gasteiger partial charge is 0.497 e. The predicted molar refractivity (Wildman–Crippen MR) is 78.0 cm³/mol. The van der Waals surface area contributed by atoms with E-state index in [-0.39, 0.29) is 5.82 Å². The Morgan fingerprint density at radius 1 is 1.22 bits per heavy atom. The number of alkyl halides is 3. The Labute approximate surface area is 129 Å². The van der Waals surface area contributed by atoms with E-state index < -0.39 is 17.8 Å². The van der Waals surface area contributed by atoms with Crippen LogP contribution < -0.4 is 20.9 Å². The number of hydrazine groups is 1. The molecule has 0 saturated carbocycles. The Morgan fingerprint density at radius 2 is 2.00 bits per heavy atom. The van der Waals surface area contributed by atoms with Crippen molar-refractivity contribution in [2.45, 2.75) is 6.18 Å². The minimum atomic E-state index is -4.46. The molecule has 0 radical (unpaired) electrons. The van der Waals surface area contributed by atoms with Crippen LogP contribution in [-0.2, 0) is 6.18 Å². The first-order chi connectivity index (χ1) is 10.9. The maximum Gasteiger partial charge on any atom is 0.417 e. The van der Waals surface area contributed by atoms with Crippen molar-refractivity contribution < 1.29 is 22.7 Å². The number of halogens is 3. The maximum atomic E-state index is 12.4. The van der Waals surface area contributed by atoms with Gasteiger partial charge in [0.05, 0.1) is 12.7 Å². The van der Waals surface area contributed by atoms with E-state index in [1.54, 1.807) is 24.3 Å². The number of pyridine rings is 1. The fourth-order valence-corrected chi connectivity index (χ4v) is 1.62. The van der Waals surface area contributed by atoms with Gasteiger partial charge in [-0.2, -0.15) is 13.2 Å². The van der Waals surface area contributed by atoms with E-state index in [0.717, 1.165) is 12.1 Å². The monoisotopic (exact) mass is 326 g/mol. The fourth-order valence-electron chi connectivity index (χ4n) is 1.62. The molecule has 23 heavy (non-hydrogen) atoms. The number of anilines is 2. The number of hydrogen-bond donors (Lipinski definition) is 3. The lowest BCUT2D eigenvalue weighted by Gasteiger charge is -2.11. The summed E-state index contributed by atoms with van der Waals surface area (Å²) < 4.78 is 42.2. The number of carbonyl (C=O) groups is 1. The number of nitrogens with zero attached hydrogens (tertiary/aromatic N) is 1. The molecular formula is C14H13F3N4O2. The second kappa shape index (κ2) is 6.86. The van der Waals surface area contributed by atoms with Crippen molar-refractivity contribution in [3.8, 4) is 5.75 Å². The quantitative estimate of drug-likeness (QED) is 0.754. The average Bonchev–Trinajstić information content (AvgIpc) is 2.52. The van der Waals surface area contributed by atoms with Gasteiger partial charge < -0.3 is 10.1 Å². The van der Waals surface area contributed by atoms with Gasteiger partial charge in [-0.05, 0) is 24.3 Å². The summed E-state index contributed by atoms with van der Waals surface area (Å²) in [6.07, 6.45) is -3.79. The van der Waals surface area contributed by atoms with Gasteiger partial charge in [-0.15, -0.1) is 0 Å². The number of carbonyl (C=O) groups excluding carboxylic acids is 1. The lowest BCUT2D eigenvalue weighted by atomic mass is 10.3. The van der Waals surface area contributed by atoms with Crippen molar-refractivity contribution in [3.05, 3.63) is 48.2 Å². The standard InChI is InChI=1S/C14H13F3N4O2/c1-23-11-4-2-3-10(7-11)19-13(22)21-20-12-6-5-9(8-18-12)14(15,16)17/h2-8H,1H3,(H,18,20)(H2,19,21,22). The van der Waals surface area contributed by atoms with Gasteiger partial charge in [-0.25, -0.2) is 9.78 Å².